The molecule has 0 saturated carbocycles. The summed E-state index contributed by atoms with van der Waals surface area (Å²) in [5, 5.41) is 10.2. The van der Waals surface area contributed by atoms with Crippen molar-refractivity contribution < 1.29 is 24.1 Å². The molecule has 27 heavy (non-hydrogen) atoms. The number of ether oxygens (including phenoxy) is 4. The van der Waals surface area contributed by atoms with Gasteiger partial charge in [-0.3, -0.25) is 0 Å². The summed E-state index contributed by atoms with van der Waals surface area (Å²) in [5.41, 5.74) is 2.61. The molecule has 0 saturated heterocycles. The quantitative estimate of drug-likeness (QED) is 0.411. The molecule has 5 nitrogen and oxygen atoms in total. The van der Waals surface area contributed by atoms with E-state index >= 15 is 0 Å². The van der Waals surface area contributed by atoms with Crippen molar-refractivity contribution in [3.63, 3.8) is 0 Å². The van der Waals surface area contributed by atoms with Gasteiger partial charge in [0.05, 0.1) is 33.3 Å². The Labute approximate surface area is 169 Å². The fourth-order valence-electron chi connectivity index (χ4n) is 2.75. The van der Waals surface area contributed by atoms with Crippen molar-refractivity contribution in [2.75, 3.05) is 28.4 Å². The normalized spacial score (nSPS) is 10.5. The zero-order chi connectivity index (χ0) is 19.6. The molecule has 8 heteroatoms. The summed E-state index contributed by atoms with van der Waals surface area (Å²) in [4.78, 5) is 0.956. The third-order valence-corrected chi connectivity index (χ3v) is 7.09. The van der Waals surface area contributed by atoms with E-state index in [9.17, 15) is 5.11 Å². The van der Waals surface area contributed by atoms with Gasteiger partial charge in [-0.1, -0.05) is 32.9 Å². The van der Waals surface area contributed by atoms with E-state index in [-0.39, 0.29) is 5.75 Å². The Hall–Kier alpha value is -2.29. The van der Waals surface area contributed by atoms with Crippen LogP contribution < -0.4 is 18.9 Å². The van der Waals surface area contributed by atoms with E-state index in [1.54, 1.807) is 43.8 Å². The Balaban J connectivity index is 2.21. The lowest BCUT2D eigenvalue weighted by Gasteiger charge is -2.14. The molecule has 0 aliphatic rings. The standard InChI is InChI=1S/C19H18O5S3/c1-21-13-6-5-10(7-12(13)20)18-16(19(25)27-26-18)11-8-14(22-2)17(24-4)15(9-11)23-3/h5-9,20H,1-4H3. The molecule has 0 atom stereocenters. The van der Waals surface area contributed by atoms with Crippen LogP contribution in [0.5, 0.6) is 28.7 Å². The van der Waals surface area contributed by atoms with Gasteiger partial charge in [0.15, 0.2) is 23.0 Å². The maximum Gasteiger partial charge on any atom is 0.203 e. The topological polar surface area (TPSA) is 57.2 Å². The van der Waals surface area contributed by atoms with Gasteiger partial charge in [-0.05, 0) is 41.5 Å². The number of aromatic hydroxyl groups is 1. The number of hydrogen-bond donors (Lipinski definition) is 1. The van der Waals surface area contributed by atoms with Crippen molar-refractivity contribution in [3.05, 3.63) is 34.2 Å². The summed E-state index contributed by atoms with van der Waals surface area (Å²) >= 11 is 5.59. The first-order valence-electron chi connectivity index (χ1n) is 7.84. The average Bonchev–Trinajstić information content (AvgIpc) is 3.08. The Kier molecular flexibility index (Phi) is 5.88. The van der Waals surface area contributed by atoms with Gasteiger partial charge in [-0.15, -0.1) is 0 Å². The second kappa shape index (κ2) is 8.16. The molecule has 1 aromatic heterocycles. The van der Waals surface area contributed by atoms with Gasteiger partial charge in [0.1, 0.15) is 3.82 Å². The lowest BCUT2D eigenvalue weighted by Crippen LogP contribution is -1.96. The van der Waals surface area contributed by atoms with Crippen molar-refractivity contribution in [2.24, 2.45) is 0 Å². The maximum atomic E-state index is 10.2. The Morgan fingerprint density at radius 2 is 1.41 bits per heavy atom. The van der Waals surface area contributed by atoms with Crippen LogP contribution in [-0.4, -0.2) is 33.5 Å². The Bertz CT molecular complexity index is 997. The SMILES string of the molecule is COc1ccc(-c2ssc(=S)c2-c2cc(OC)c(OC)c(OC)c2)cc1O. The minimum Gasteiger partial charge on any atom is -0.504 e. The van der Waals surface area contributed by atoms with E-state index in [1.807, 2.05) is 18.2 Å². The molecule has 0 amide bonds. The van der Waals surface area contributed by atoms with Gasteiger partial charge in [0.2, 0.25) is 5.75 Å². The van der Waals surface area contributed by atoms with Crippen molar-refractivity contribution in [3.8, 4) is 50.3 Å². The van der Waals surface area contributed by atoms with Crippen LogP contribution >= 0.6 is 32.9 Å². The van der Waals surface area contributed by atoms with Crippen LogP contribution in [0.1, 0.15) is 0 Å². The highest BCUT2D eigenvalue weighted by atomic mass is 32.9. The summed E-state index contributed by atoms with van der Waals surface area (Å²) in [6.45, 7) is 0. The van der Waals surface area contributed by atoms with Crippen LogP contribution in [0.3, 0.4) is 0 Å². The second-order valence-electron chi connectivity index (χ2n) is 5.46. The average molecular weight is 423 g/mol. The zero-order valence-electron chi connectivity index (χ0n) is 15.2. The molecule has 0 spiro atoms. The molecular formula is C19H18O5S3. The van der Waals surface area contributed by atoms with Crippen LogP contribution in [0.4, 0.5) is 0 Å². The molecule has 0 unspecified atom stereocenters. The summed E-state index contributed by atoms with van der Waals surface area (Å²) < 4.78 is 22.2. The summed E-state index contributed by atoms with van der Waals surface area (Å²) in [6.07, 6.45) is 0. The fraction of sp³-hybridized carbons (Fsp3) is 0.211. The van der Waals surface area contributed by atoms with Crippen LogP contribution in [0, 0.1) is 3.82 Å². The molecule has 2 aromatic carbocycles. The first-order valence-corrected chi connectivity index (χ1v) is 10.4. The van der Waals surface area contributed by atoms with E-state index in [4.69, 9.17) is 31.2 Å². The zero-order valence-corrected chi connectivity index (χ0v) is 17.6. The van der Waals surface area contributed by atoms with Crippen molar-refractivity contribution in [2.45, 2.75) is 0 Å². The highest BCUT2D eigenvalue weighted by Crippen LogP contribution is 2.47. The lowest BCUT2D eigenvalue weighted by molar-refractivity contribution is 0.324. The molecular weight excluding hydrogens is 404 g/mol. The number of phenols is 1. The molecule has 0 aliphatic heterocycles. The first-order chi connectivity index (χ1) is 13.0. The summed E-state index contributed by atoms with van der Waals surface area (Å²) in [5.74, 6) is 2.14. The molecule has 0 aliphatic carbocycles. The predicted octanol–water partition coefficient (Wildman–Crippen LogP) is 5.61. The summed E-state index contributed by atoms with van der Waals surface area (Å²) in [7, 11) is 9.30. The molecule has 3 aromatic rings. The molecule has 0 bridgehead atoms. The highest BCUT2D eigenvalue weighted by molar-refractivity contribution is 7.80. The van der Waals surface area contributed by atoms with E-state index in [0.29, 0.717) is 23.0 Å². The molecule has 0 radical (unpaired) electrons. The minimum atomic E-state index is 0.0789. The third kappa shape index (κ3) is 3.60. The molecule has 0 fully saturated rings. The van der Waals surface area contributed by atoms with Gasteiger partial charge in [0.25, 0.3) is 0 Å². The number of methoxy groups -OCH3 is 4. The second-order valence-corrected chi connectivity index (χ2v) is 8.28. The largest absolute Gasteiger partial charge is 0.504 e. The van der Waals surface area contributed by atoms with Gasteiger partial charge < -0.3 is 24.1 Å². The lowest BCUT2D eigenvalue weighted by atomic mass is 10.0. The maximum absolute atomic E-state index is 10.2. The van der Waals surface area contributed by atoms with E-state index < -0.39 is 0 Å². The van der Waals surface area contributed by atoms with Gasteiger partial charge in [0, 0.05) is 5.56 Å². The van der Waals surface area contributed by atoms with Crippen molar-refractivity contribution in [1.82, 2.24) is 0 Å². The Morgan fingerprint density at radius 1 is 0.778 bits per heavy atom. The first kappa shape index (κ1) is 19.5. The van der Waals surface area contributed by atoms with Gasteiger partial charge >= 0.3 is 0 Å². The van der Waals surface area contributed by atoms with E-state index in [2.05, 4.69) is 0 Å². The number of benzene rings is 2. The Morgan fingerprint density at radius 3 is 1.93 bits per heavy atom. The number of hydrogen-bond acceptors (Lipinski definition) is 8. The predicted molar refractivity (Wildman–Crippen MR) is 112 cm³/mol. The van der Waals surface area contributed by atoms with Crippen LogP contribution in [0.25, 0.3) is 21.6 Å². The van der Waals surface area contributed by atoms with Crippen LogP contribution in [0.15, 0.2) is 30.3 Å². The van der Waals surface area contributed by atoms with E-state index in [0.717, 1.165) is 25.4 Å². The number of phenolic OH excluding ortho intramolecular Hbond substituents is 1. The fourth-order valence-corrected chi connectivity index (χ4v) is 5.66. The van der Waals surface area contributed by atoms with Crippen molar-refractivity contribution in [1.29, 1.82) is 0 Å². The van der Waals surface area contributed by atoms with Crippen LogP contribution in [0.2, 0.25) is 0 Å². The number of rotatable bonds is 6. The molecule has 1 heterocycles. The van der Waals surface area contributed by atoms with Crippen molar-refractivity contribution >= 4 is 32.9 Å². The smallest absolute Gasteiger partial charge is 0.203 e. The molecule has 1 N–H and O–H groups in total. The van der Waals surface area contributed by atoms with Crippen LogP contribution in [-0.2, 0) is 0 Å². The third-order valence-electron chi connectivity index (χ3n) is 4.03. The highest BCUT2D eigenvalue weighted by Gasteiger charge is 2.19. The minimum absolute atomic E-state index is 0.0789. The summed E-state index contributed by atoms with van der Waals surface area (Å²) in [6, 6.07) is 9.05. The monoisotopic (exact) mass is 422 g/mol. The van der Waals surface area contributed by atoms with Gasteiger partial charge in [-0.25, -0.2) is 0 Å². The molecule has 142 valence electrons. The molecule has 3 rings (SSSR count). The van der Waals surface area contributed by atoms with Gasteiger partial charge in [-0.2, -0.15) is 0 Å². The van der Waals surface area contributed by atoms with E-state index in [1.165, 1.54) is 17.5 Å².